The number of Topliss-reactive ketones (excluding diaryl/α,β-unsaturated/α-hetero) is 1. The van der Waals surface area contributed by atoms with E-state index in [1.165, 1.54) is 0 Å². The number of nitrogens with zero attached hydrogens (tertiary/aromatic N) is 1. The van der Waals surface area contributed by atoms with Crippen LogP contribution in [0.1, 0.15) is 6.92 Å². The number of hydrogen-bond acceptors (Lipinski definition) is 3. The molecule has 12 heavy (non-hydrogen) atoms. The molecule has 3 aliphatic rings. The van der Waals surface area contributed by atoms with Gasteiger partial charge in [0.2, 0.25) is 0 Å². The molecule has 3 rings (SSSR count). The fourth-order valence-corrected chi connectivity index (χ4v) is 3.34. The topological polar surface area (TPSA) is 20.3 Å². The summed E-state index contributed by atoms with van der Waals surface area (Å²) in [6, 6.07) is 0.140. The predicted molar refractivity (Wildman–Crippen MR) is 51.1 cm³/mol. The zero-order valence-electron chi connectivity index (χ0n) is 7.36. The summed E-state index contributed by atoms with van der Waals surface area (Å²) in [5.41, 5.74) is 0. The maximum Gasteiger partial charge on any atom is 0.147 e. The Labute approximate surface area is 77.0 Å². The Morgan fingerprint density at radius 3 is 2.67 bits per heavy atom. The van der Waals surface area contributed by atoms with Gasteiger partial charge in [-0.05, 0) is 14.0 Å². The third kappa shape index (κ3) is 1.12. The lowest BCUT2D eigenvalue weighted by molar-refractivity contribution is -0.123. The molecule has 3 atom stereocenters. The molecule has 1 fully saturated rings. The van der Waals surface area contributed by atoms with Crippen LogP contribution < -0.4 is 0 Å². The zero-order chi connectivity index (χ0) is 8.72. The van der Waals surface area contributed by atoms with Gasteiger partial charge in [0.25, 0.3) is 0 Å². The normalized spacial score (nSPS) is 40.3. The highest BCUT2D eigenvalue weighted by Crippen LogP contribution is 2.36. The molecule has 0 radical (unpaired) electrons. The van der Waals surface area contributed by atoms with Crippen LogP contribution in [0.2, 0.25) is 0 Å². The van der Waals surface area contributed by atoms with Crippen LogP contribution in [0.25, 0.3) is 0 Å². The third-order valence-corrected chi connectivity index (χ3v) is 4.05. The Balaban J connectivity index is 2.26. The van der Waals surface area contributed by atoms with Gasteiger partial charge in [-0.2, -0.15) is 0 Å². The summed E-state index contributed by atoms with van der Waals surface area (Å²) in [5.74, 6) is 1.86. The fourth-order valence-electron chi connectivity index (χ4n) is 2.06. The van der Waals surface area contributed by atoms with Gasteiger partial charge in [0.1, 0.15) is 5.78 Å². The van der Waals surface area contributed by atoms with Crippen molar-refractivity contribution in [3.63, 3.8) is 0 Å². The lowest BCUT2D eigenvalue weighted by Crippen LogP contribution is -2.53. The van der Waals surface area contributed by atoms with Crippen molar-refractivity contribution in [3.05, 3.63) is 12.2 Å². The van der Waals surface area contributed by atoms with E-state index >= 15 is 0 Å². The van der Waals surface area contributed by atoms with E-state index in [2.05, 4.69) is 17.1 Å². The average Bonchev–Trinajstić information content (AvgIpc) is 2.05. The Hall–Kier alpha value is -0.280. The number of likely N-dealkylation sites (N-methyl/N-ethyl adjacent to an activating group) is 1. The molecule has 0 saturated carbocycles. The van der Waals surface area contributed by atoms with Crippen LogP contribution in [-0.2, 0) is 4.79 Å². The minimum atomic E-state index is 0.140. The van der Waals surface area contributed by atoms with Gasteiger partial charge in [-0.25, -0.2) is 0 Å². The maximum absolute atomic E-state index is 11.3. The second kappa shape index (κ2) is 2.89. The van der Waals surface area contributed by atoms with Crippen LogP contribution in [0.3, 0.4) is 0 Å². The molecule has 0 aromatic rings. The van der Waals surface area contributed by atoms with E-state index in [1.54, 1.807) is 6.92 Å². The van der Waals surface area contributed by atoms with Gasteiger partial charge >= 0.3 is 0 Å². The van der Waals surface area contributed by atoms with Crippen molar-refractivity contribution in [2.45, 2.75) is 18.3 Å². The summed E-state index contributed by atoms with van der Waals surface area (Å²) in [4.78, 5) is 13.5. The van der Waals surface area contributed by atoms with Gasteiger partial charge in [-0.15, -0.1) is 11.8 Å². The summed E-state index contributed by atoms with van der Waals surface area (Å²) in [7, 11) is 2.04. The number of carbonyl (C=O) groups excluding carboxylic acids is 1. The molecular formula is C9H13NOS. The molecule has 3 aliphatic heterocycles. The molecule has 66 valence electrons. The lowest BCUT2D eigenvalue weighted by atomic mass is 9.93. The van der Waals surface area contributed by atoms with Crippen molar-refractivity contribution in [1.82, 2.24) is 4.90 Å². The average molecular weight is 183 g/mol. The molecule has 0 aromatic heterocycles. The monoisotopic (exact) mass is 183 g/mol. The summed E-state index contributed by atoms with van der Waals surface area (Å²) in [6.45, 7) is 1.69. The molecule has 0 spiro atoms. The predicted octanol–water partition coefficient (Wildman–Crippen LogP) is 1.13. The van der Waals surface area contributed by atoms with Crippen LogP contribution in [0.4, 0.5) is 0 Å². The summed E-state index contributed by atoms with van der Waals surface area (Å²) in [6.07, 6.45) is 4.41. The standard InChI is InChI=1S/C9H13NOS/c1-6(11)9-7-3-4-8(10(9)2)12-5-7/h3-4,7-9H,5H2,1-2H3. The van der Waals surface area contributed by atoms with Gasteiger partial charge in [-0.3, -0.25) is 9.69 Å². The quantitative estimate of drug-likeness (QED) is 0.568. The number of ketones is 1. The van der Waals surface area contributed by atoms with E-state index in [0.717, 1.165) is 5.75 Å². The highest BCUT2D eigenvalue weighted by Gasteiger charge is 2.39. The molecule has 2 nitrogen and oxygen atoms in total. The van der Waals surface area contributed by atoms with Crippen LogP contribution >= 0.6 is 11.8 Å². The lowest BCUT2D eigenvalue weighted by Gasteiger charge is -2.44. The summed E-state index contributed by atoms with van der Waals surface area (Å²) >= 11 is 1.93. The molecule has 2 bridgehead atoms. The van der Waals surface area contributed by atoms with Crippen LogP contribution in [0, 0.1) is 5.92 Å². The van der Waals surface area contributed by atoms with Gasteiger partial charge in [-0.1, -0.05) is 12.2 Å². The van der Waals surface area contributed by atoms with Crippen molar-refractivity contribution in [2.75, 3.05) is 12.8 Å². The third-order valence-electron chi connectivity index (χ3n) is 2.64. The van der Waals surface area contributed by atoms with Crippen molar-refractivity contribution in [2.24, 2.45) is 5.92 Å². The Morgan fingerprint density at radius 1 is 1.58 bits per heavy atom. The minimum absolute atomic E-state index is 0.140. The van der Waals surface area contributed by atoms with Crippen molar-refractivity contribution in [3.8, 4) is 0 Å². The SMILES string of the molecule is CC(=O)C1C2C=CC(SC2)N1C. The number of hydrogen-bond donors (Lipinski definition) is 0. The number of rotatable bonds is 1. The van der Waals surface area contributed by atoms with Gasteiger partial charge in [0.05, 0.1) is 11.4 Å². The Morgan fingerprint density at radius 2 is 2.33 bits per heavy atom. The van der Waals surface area contributed by atoms with Crippen molar-refractivity contribution < 1.29 is 4.79 Å². The van der Waals surface area contributed by atoms with E-state index in [1.807, 2.05) is 18.8 Å². The van der Waals surface area contributed by atoms with Gasteiger partial charge in [0.15, 0.2) is 0 Å². The molecule has 0 amide bonds. The van der Waals surface area contributed by atoms with E-state index in [4.69, 9.17) is 0 Å². The first kappa shape index (κ1) is 8.32. The molecule has 1 saturated heterocycles. The fraction of sp³-hybridized carbons (Fsp3) is 0.667. The number of thioether (sulfide) groups is 1. The van der Waals surface area contributed by atoms with E-state index < -0.39 is 0 Å². The van der Waals surface area contributed by atoms with E-state index in [9.17, 15) is 4.79 Å². The van der Waals surface area contributed by atoms with Crippen LogP contribution in [-0.4, -0.2) is 34.9 Å². The van der Waals surface area contributed by atoms with Gasteiger partial charge < -0.3 is 0 Å². The Kier molecular flexibility index (Phi) is 2.00. The molecule has 0 aliphatic carbocycles. The van der Waals surface area contributed by atoms with Crippen LogP contribution in [0.5, 0.6) is 0 Å². The highest BCUT2D eigenvalue weighted by atomic mass is 32.2. The zero-order valence-corrected chi connectivity index (χ0v) is 8.17. The highest BCUT2D eigenvalue weighted by molar-refractivity contribution is 8.00. The molecule has 3 unspecified atom stereocenters. The number of fused-ring (bicyclic) bond motifs is 2. The Bertz CT molecular complexity index is 239. The first-order valence-corrected chi connectivity index (χ1v) is 5.27. The van der Waals surface area contributed by atoms with Crippen molar-refractivity contribution >= 4 is 17.5 Å². The smallest absolute Gasteiger partial charge is 0.147 e. The molecule has 0 N–H and O–H groups in total. The van der Waals surface area contributed by atoms with Crippen molar-refractivity contribution in [1.29, 1.82) is 0 Å². The van der Waals surface area contributed by atoms with E-state index in [0.29, 0.717) is 17.1 Å². The second-order valence-electron chi connectivity index (χ2n) is 3.49. The number of carbonyl (C=O) groups is 1. The molecule has 3 heteroatoms. The minimum Gasteiger partial charge on any atom is -0.298 e. The first-order valence-electron chi connectivity index (χ1n) is 4.22. The maximum atomic E-state index is 11.3. The van der Waals surface area contributed by atoms with E-state index in [-0.39, 0.29) is 6.04 Å². The first-order chi connectivity index (χ1) is 5.70. The van der Waals surface area contributed by atoms with Gasteiger partial charge in [0, 0.05) is 11.7 Å². The molecule has 0 aromatic carbocycles. The molecule has 3 heterocycles. The summed E-state index contributed by atoms with van der Waals surface area (Å²) < 4.78 is 0. The molecular weight excluding hydrogens is 170 g/mol. The van der Waals surface area contributed by atoms with Crippen LogP contribution in [0.15, 0.2) is 12.2 Å². The largest absolute Gasteiger partial charge is 0.298 e. The summed E-state index contributed by atoms with van der Waals surface area (Å²) in [5, 5.41) is 0.434. The second-order valence-corrected chi connectivity index (χ2v) is 4.64.